The topological polar surface area (TPSA) is 106 Å². The fraction of sp³-hybridized carbons (Fsp3) is 0.261. The van der Waals surface area contributed by atoms with Gasteiger partial charge >= 0.3 is 0 Å². The van der Waals surface area contributed by atoms with Gasteiger partial charge in [0.25, 0.3) is 11.8 Å². The lowest BCUT2D eigenvalue weighted by molar-refractivity contribution is 0.0938. The molecule has 2 N–H and O–H groups in total. The highest BCUT2D eigenvalue weighted by molar-refractivity contribution is 6.10. The SMILES string of the molecule is CC.CCCNC(=O)c1cnn(C)c1C(=O)Nc1ccn2cc(-c3ccccc3)nc2n1. The second-order valence-electron chi connectivity index (χ2n) is 6.75. The van der Waals surface area contributed by atoms with Crippen LogP contribution in [0.15, 0.2) is 55.0 Å². The van der Waals surface area contributed by atoms with Gasteiger partial charge in [0.05, 0.1) is 17.5 Å². The number of nitrogens with zero attached hydrogens (tertiary/aromatic N) is 5. The minimum Gasteiger partial charge on any atom is -0.352 e. The van der Waals surface area contributed by atoms with Crippen molar-refractivity contribution in [2.75, 3.05) is 11.9 Å². The van der Waals surface area contributed by atoms with E-state index in [2.05, 4.69) is 25.7 Å². The Bertz CT molecular complexity index is 1210. The second kappa shape index (κ2) is 10.3. The normalized spacial score (nSPS) is 10.4. The summed E-state index contributed by atoms with van der Waals surface area (Å²) in [5.41, 5.74) is 2.15. The maximum absolute atomic E-state index is 12.8. The van der Waals surface area contributed by atoms with Crippen molar-refractivity contribution in [2.24, 2.45) is 7.05 Å². The third-order valence-corrected chi connectivity index (χ3v) is 4.57. The zero-order chi connectivity index (χ0) is 23.1. The quantitative estimate of drug-likeness (QED) is 0.484. The van der Waals surface area contributed by atoms with Crippen molar-refractivity contribution >= 4 is 23.4 Å². The van der Waals surface area contributed by atoms with Crippen LogP contribution in [0.25, 0.3) is 17.0 Å². The maximum Gasteiger partial charge on any atom is 0.275 e. The summed E-state index contributed by atoms with van der Waals surface area (Å²) < 4.78 is 3.16. The Morgan fingerprint density at radius 3 is 2.50 bits per heavy atom. The van der Waals surface area contributed by atoms with Gasteiger partial charge in [-0.05, 0) is 12.5 Å². The second-order valence-corrected chi connectivity index (χ2v) is 6.75. The van der Waals surface area contributed by atoms with Crippen LogP contribution in [0.4, 0.5) is 5.82 Å². The summed E-state index contributed by atoms with van der Waals surface area (Å²) in [6, 6.07) is 11.5. The van der Waals surface area contributed by atoms with Crippen molar-refractivity contribution in [1.29, 1.82) is 0 Å². The van der Waals surface area contributed by atoms with Crippen LogP contribution in [0.2, 0.25) is 0 Å². The molecule has 0 atom stereocenters. The highest BCUT2D eigenvalue weighted by Crippen LogP contribution is 2.19. The van der Waals surface area contributed by atoms with Gasteiger partial charge in [-0.15, -0.1) is 0 Å². The van der Waals surface area contributed by atoms with Gasteiger partial charge in [0.15, 0.2) is 0 Å². The monoisotopic (exact) mass is 433 g/mol. The number of hydrogen-bond donors (Lipinski definition) is 2. The van der Waals surface area contributed by atoms with E-state index in [0.717, 1.165) is 17.7 Å². The van der Waals surface area contributed by atoms with Gasteiger partial charge in [-0.3, -0.25) is 18.7 Å². The summed E-state index contributed by atoms with van der Waals surface area (Å²) in [6.07, 6.45) is 5.83. The van der Waals surface area contributed by atoms with Crippen LogP contribution in [0.1, 0.15) is 48.0 Å². The number of nitrogens with one attached hydrogen (secondary N) is 2. The average Bonchev–Trinajstić information content (AvgIpc) is 3.42. The molecule has 0 fully saturated rings. The summed E-state index contributed by atoms with van der Waals surface area (Å²) in [5.74, 6) is -0.0148. The molecule has 3 aromatic heterocycles. The van der Waals surface area contributed by atoms with Crippen LogP contribution >= 0.6 is 0 Å². The predicted octanol–water partition coefficient (Wildman–Crippen LogP) is 3.55. The van der Waals surface area contributed by atoms with Gasteiger partial charge in [0.1, 0.15) is 11.5 Å². The predicted molar refractivity (Wildman–Crippen MR) is 124 cm³/mol. The lowest BCUT2D eigenvalue weighted by Gasteiger charge is -2.08. The first-order chi connectivity index (χ1) is 15.6. The lowest BCUT2D eigenvalue weighted by atomic mass is 10.2. The van der Waals surface area contributed by atoms with E-state index < -0.39 is 5.91 Å². The summed E-state index contributed by atoms with van der Waals surface area (Å²) >= 11 is 0. The van der Waals surface area contributed by atoms with Gasteiger partial charge in [0, 0.05) is 31.5 Å². The van der Waals surface area contributed by atoms with Gasteiger partial charge in [-0.2, -0.15) is 10.1 Å². The Morgan fingerprint density at radius 2 is 1.78 bits per heavy atom. The van der Waals surface area contributed by atoms with Gasteiger partial charge < -0.3 is 10.6 Å². The van der Waals surface area contributed by atoms with E-state index in [4.69, 9.17) is 0 Å². The third kappa shape index (κ3) is 4.83. The molecule has 0 aliphatic heterocycles. The summed E-state index contributed by atoms with van der Waals surface area (Å²) in [6.45, 7) is 6.48. The van der Waals surface area contributed by atoms with Crippen molar-refractivity contribution in [3.05, 3.63) is 66.2 Å². The first-order valence-electron chi connectivity index (χ1n) is 10.6. The molecule has 0 aliphatic rings. The molecule has 9 heteroatoms. The Kier molecular flexibility index (Phi) is 7.33. The number of amides is 2. The Hall–Kier alpha value is -4.01. The van der Waals surface area contributed by atoms with E-state index in [-0.39, 0.29) is 17.2 Å². The van der Waals surface area contributed by atoms with E-state index in [1.165, 1.54) is 10.9 Å². The molecule has 4 rings (SSSR count). The van der Waals surface area contributed by atoms with Gasteiger partial charge in [-0.1, -0.05) is 51.1 Å². The Morgan fingerprint density at radius 1 is 1.03 bits per heavy atom. The van der Waals surface area contributed by atoms with Crippen LogP contribution < -0.4 is 10.6 Å². The number of benzene rings is 1. The van der Waals surface area contributed by atoms with E-state index in [1.54, 1.807) is 23.7 Å². The van der Waals surface area contributed by atoms with Gasteiger partial charge in [-0.25, -0.2) is 4.98 Å². The van der Waals surface area contributed by atoms with Crippen LogP contribution in [0, 0.1) is 0 Å². The van der Waals surface area contributed by atoms with E-state index in [0.29, 0.717) is 18.1 Å². The van der Waals surface area contributed by atoms with E-state index in [1.807, 2.05) is 57.3 Å². The fourth-order valence-corrected chi connectivity index (χ4v) is 3.07. The molecule has 32 heavy (non-hydrogen) atoms. The average molecular weight is 434 g/mol. The number of hydrogen-bond acceptors (Lipinski definition) is 5. The molecule has 0 saturated heterocycles. The van der Waals surface area contributed by atoms with Gasteiger partial charge in [0.2, 0.25) is 5.78 Å². The smallest absolute Gasteiger partial charge is 0.275 e. The fourth-order valence-electron chi connectivity index (χ4n) is 3.07. The molecular formula is C23H27N7O2. The Labute approximate surface area is 186 Å². The number of carbonyl (C=O) groups excluding carboxylic acids is 2. The molecule has 0 unspecified atom stereocenters. The molecule has 0 aliphatic carbocycles. The van der Waals surface area contributed by atoms with Crippen LogP contribution in [0.3, 0.4) is 0 Å². The highest BCUT2D eigenvalue weighted by Gasteiger charge is 2.22. The molecule has 0 saturated carbocycles. The van der Waals surface area contributed by atoms with Crippen molar-refractivity contribution in [1.82, 2.24) is 29.5 Å². The van der Waals surface area contributed by atoms with Crippen LogP contribution in [0.5, 0.6) is 0 Å². The van der Waals surface area contributed by atoms with Crippen LogP contribution in [-0.4, -0.2) is 42.5 Å². The van der Waals surface area contributed by atoms with Crippen molar-refractivity contribution in [2.45, 2.75) is 27.2 Å². The first kappa shape index (κ1) is 22.7. The lowest BCUT2D eigenvalue weighted by Crippen LogP contribution is -2.27. The number of anilines is 1. The molecule has 0 spiro atoms. The van der Waals surface area contributed by atoms with Crippen molar-refractivity contribution < 1.29 is 9.59 Å². The minimum atomic E-state index is -0.469. The zero-order valence-corrected chi connectivity index (χ0v) is 18.7. The molecule has 166 valence electrons. The summed E-state index contributed by atoms with van der Waals surface area (Å²) in [7, 11) is 1.61. The van der Waals surface area contributed by atoms with E-state index >= 15 is 0 Å². The minimum absolute atomic E-state index is 0.165. The number of imidazole rings is 1. The number of rotatable bonds is 6. The molecule has 4 aromatic rings. The Balaban J connectivity index is 0.00000141. The summed E-state index contributed by atoms with van der Waals surface area (Å²) in [4.78, 5) is 34.1. The number of aryl methyl sites for hydroxylation is 1. The largest absolute Gasteiger partial charge is 0.352 e. The number of fused-ring (bicyclic) bond motifs is 1. The highest BCUT2D eigenvalue weighted by atomic mass is 16.2. The molecule has 1 aromatic carbocycles. The number of carbonyl (C=O) groups is 2. The molecule has 9 nitrogen and oxygen atoms in total. The van der Waals surface area contributed by atoms with Crippen molar-refractivity contribution in [3.63, 3.8) is 0 Å². The molecule has 3 heterocycles. The number of aromatic nitrogens is 5. The first-order valence-corrected chi connectivity index (χ1v) is 10.6. The standard InChI is InChI=1S/C21H21N7O2.C2H6/c1-3-10-22-19(29)15-12-23-27(2)18(15)20(30)25-17-9-11-28-13-16(24-21(28)26-17)14-7-5-4-6-8-14;1-2/h4-9,11-13H,3,10H2,1-2H3,(H,22,29)(H,24,25,26,30);1-2H3. The summed E-state index contributed by atoms with van der Waals surface area (Å²) in [5, 5.41) is 9.55. The molecule has 2 amide bonds. The van der Waals surface area contributed by atoms with E-state index in [9.17, 15) is 9.59 Å². The maximum atomic E-state index is 12.8. The third-order valence-electron chi connectivity index (χ3n) is 4.57. The zero-order valence-electron chi connectivity index (χ0n) is 18.7. The van der Waals surface area contributed by atoms with Crippen LogP contribution in [-0.2, 0) is 7.05 Å². The van der Waals surface area contributed by atoms with Crippen molar-refractivity contribution in [3.8, 4) is 11.3 Å². The molecule has 0 radical (unpaired) electrons. The molecular weight excluding hydrogens is 406 g/mol. The molecule has 0 bridgehead atoms.